The molecular formula is C8H13NO2. The quantitative estimate of drug-likeness (QED) is 0.711. The Morgan fingerprint density at radius 2 is 2.09 bits per heavy atom. The van der Waals surface area contributed by atoms with Crippen molar-refractivity contribution in [1.82, 2.24) is 5.16 Å². The van der Waals surface area contributed by atoms with E-state index < -0.39 is 0 Å². The van der Waals surface area contributed by atoms with Gasteiger partial charge in [0.2, 0.25) is 0 Å². The zero-order chi connectivity index (χ0) is 8.43. The molecule has 62 valence electrons. The lowest BCUT2D eigenvalue weighted by Gasteiger charge is -2.10. The molecule has 0 aliphatic heterocycles. The summed E-state index contributed by atoms with van der Waals surface area (Å²) in [6.45, 7) is 6.27. The molecule has 0 aromatic carbocycles. The highest BCUT2D eigenvalue weighted by Crippen LogP contribution is 2.24. The Bertz CT molecular complexity index is 230. The highest BCUT2D eigenvalue weighted by Gasteiger charge is 2.14. The summed E-state index contributed by atoms with van der Waals surface area (Å²) < 4.78 is 4.54. The second kappa shape index (κ2) is 2.95. The molecule has 0 radical (unpaired) electrons. The normalized spacial score (nSPS) is 13.8. The summed E-state index contributed by atoms with van der Waals surface area (Å²) in [5, 5.41) is 12.6. The van der Waals surface area contributed by atoms with Gasteiger partial charge in [-0.05, 0) is 5.92 Å². The summed E-state index contributed by atoms with van der Waals surface area (Å²) in [5.74, 6) is 0.742. The van der Waals surface area contributed by atoms with Crippen LogP contribution < -0.4 is 0 Å². The molecule has 0 bridgehead atoms. The van der Waals surface area contributed by atoms with E-state index in [2.05, 4.69) is 30.5 Å². The highest BCUT2D eigenvalue weighted by molar-refractivity contribution is 5.12. The summed E-state index contributed by atoms with van der Waals surface area (Å²) in [5.41, 5.74) is 0.817. The van der Waals surface area contributed by atoms with Gasteiger partial charge in [-0.3, -0.25) is 0 Å². The molecule has 11 heavy (non-hydrogen) atoms. The van der Waals surface area contributed by atoms with E-state index in [1.165, 1.54) is 0 Å². The van der Waals surface area contributed by atoms with Crippen LogP contribution in [0.4, 0.5) is 0 Å². The summed E-state index contributed by atoms with van der Waals surface area (Å²) in [6.07, 6.45) is 0. The average Bonchev–Trinajstić information content (AvgIpc) is 2.34. The SMILES string of the molecule is CC(C)[C@H](C)c1cc(O)on1. The Labute approximate surface area is 66.0 Å². The number of aromatic hydroxyl groups is 1. The van der Waals surface area contributed by atoms with Gasteiger partial charge in [0.15, 0.2) is 0 Å². The average molecular weight is 155 g/mol. The molecule has 0 spiro atoms. The van der Waals surface area contributed by atoms with E-state index in [0.717, 1.165) is 5.69 Å². The number of rotatable bonds is 2. The molecule has 0 aliphatic rings. The van der Waals surface area contributed by atoms with E-state index in [4.69, 9.17) is 5.11 Å². The highest BCUT2D eigenvalue weighted by atomic mass is 16.5. The van der Waals surface area contributed by atoms with Crippen LogP contribution in [-0.2, 0) is 0 Å². The van der Waals surface area contributed by atoms with Crippen molar-refractivity contribution in [3.8, 4) is 5.95 Å². The van der Waals surface area contributed by atoms with Crippen molar-refractivity contribution >= 4 is 0 Å². The second-order valence-corrected chi connectivity index (χ2v) is 3.12. The largest absolute Gasteiger partial charge is 0.479 e. The zero-order valence-corrected chi connectivity index (χ0v) is 7.03. The van der Waals surface area contributed by atoms with Crippen LogP contribution in [0.2, 0.25) is 0 Å². The lowest BCUT2D eigenvalue weighted by molar-refractivity contribution is 0.274. The molecule has 1 heterocycles. The van der Waals surface area contributed by atoms with E-state index in [1.807, 2.05) is 0 Å². The van der Waals surface area contributed by atoms with Gasteiger partial charge in [0.1, 0.15) is 0 Å². The van der Waals surface area contributed by atoms with Crippen LogP contribution in [-0.4, -0.2) is 10.3 Å². The monoisotopic (exact) mass is 155 g/mol. The summed E-state index contributed by atoms with van der Waals surface area (Å²) in [6, 6.07) is 1.56. The van der Waals surface area contributed by atoms with Gasteiger partial charge in [0.05, 0.1) is 5.69 Å². The molecule has 3 nitrogen and oxygen atoms in total. The lowest BCUT2D eigenvalue weighted by atomic mass is 9.95. The van der Waals surface area contributed by atoms with E-state index in [0.29, 0.717) is 11.8 Å². The molecule has 0 aliphatic carbocycles. The molecule has 1 N–H and O–H groups in total. The van der Waals surface area contributed by atoms with E-state index in [1.54, 1.807) is 6.07 Å². The minimum absolute atomic E-state index is 0.104. The third-order valence-corrected chi connectivity index (χ3v) is 1.98. The summed E-state index contributed by atoms with van der Waals surface area (Å²) >= 11 is 0. The molecule has 1 atom stereocenters. The van der Waals surface area contributed by atoms with Crippen molar-refractivity contribution in [2.75, 3.05) is 0 Å². The number of hydrogen-bond acceptors (Lipinski definition) is 3. The smallest absolute Gasteiger partial charge is 0.308 e. The van der Waals surface area contributed by atoms with Crippen molar-refractivity contribution in [2.45, 2.75) is 26.7 Å². The van der Waals surface area contributed by atoms with Crippen molar-refractivity contribution in [1.29, 1.82) is 0 Å². The van der Waals surface area contributed by atoms with Gasteiger partial charge in [-0.15, -0.1) is 0 Å². The molecule has 0 amide bonds. The van der Waals surface area contributed by atoms with E-state index in [-0.39, 0.29) is 5.95 Å². The maximum atomic E-state index is 8.85. The van der Waals surface area contributed by atoms with Gasteiger partial charge < -0.3 is 9.63 Å². The fourth-order valence-electron chi connectivity index (χ4n) is 0.835. The third-order valence-electron chi connectivity index (χ3n) is 1.98. The topological polar surface area (TPSA) is 46.3 Å². The predicted octanol–water partition coefficient (Wildman–Crippen LogP) is 2.14. The predicted molar refractivity (Wildman–Crippen MR) is 41.4 cm³/mol. The fraction of sp³-hybridized carbons (Fsp3) is 0.625. The molecule has 3 heteroatoms. The van der Waals surface area contributed by atoms with Gasteiger partial charge in [0.25, 0.3) is 0 Å². The number of hydrogen-bond donors (Lipinski definition) is 1. The van der Waals surface area contributed by atoms with Gasteiger partial charge in [0, 0.05) is 12.0 Å². The third kappa shape index (κ3) is 1.73. The van der Waals surface area contributed by atoms with Crippen LogP contribution in [0.3, 0.4) is 0 Å². The first-order valence-electron chi connectivity index (χ1n) is 3.77. The van der Waals surface area contributed by atoms with Gasteiger partial charge in [-0.1, -0.05) is 25.9 Å². The van der Waals surface area contributed by atoms with Crippen LogP contribution in [0.15, 0.2) is 10.6 Å². The molecule has 1 rings (SSSR count). The maximum Gasteiger partial charge on any atom is 0.308 e. The van der Waals surface area contributed by atoms with Crippen LogP contribution in [0.1, 0.15) is 32.4 Å². The van der Waals surface area contributed by atoms with Gasteiger partial charge >= 0.3 is 5.95 Å². The first kappa shape index (κ1) is 8.11. The lowest BCUT2D eigenvalue weighted by Crippen LogP contribution is -2.01. The van der Waals surface area contributed by atoms with Crippen molar-refractivity contribution < 1.29 is 9.63 Å². The molecule has 0 saturated heterocycles. The zero-order valence-electron chi connectivity index (χ0n) is 7.03. The number of nitrogens with zero attached hydrogens (tertiary/aromatic N) is 1. The molecular weight excluding hydrogens is 142 g/mol. The van der Waals surface area contributed by atoms with Crippen LogP contribution in [0, 0.1) is 5.92 Å². The van der Waals surface area contributed by atoms with Crippen molar-refractivity contribution in [2.24, 2.45) is 5.92 Å². The second-order valence-electron chi connectivity index (χ2n) is 3.12. The standard InChI is InChI=1S/C8H13NO2/c1-5(2)6(3)7-4-8(10)11-9-7/h4-6,10H,1-3H3/t6-/m0/s1. The Kier molecular flexibility index (Phi) is 2.17. The number of aromatic nitrogens is 1. The Morgan fingerprint density at radius 1 is 1.45 bits per heavy atom. The molecule has 1 aromatic heterocycles. The fourth-order valence-corrected chi connectivity index (χ4v) is 0.835. The Balaban J connectivity index is 2.76. The Hall–Kier alpha value is -0.990. The minimum Gasteiger partial charge on any atom is -0.479 e. The van der Waals surface area contributed by atoms with Gasteiger partial charge in [-0.25, -0.2) is 0 Å². The van der Waals surface area contributed by atoms with E-state index in [9.17, 15) is 0 Å². The Morgan fingerprint density at radius 3 is 2.45 bits per heavy atom. The van der Waals surface area contributed by atoms with Gasteiger partial charge in [-0.2, -0.15) is 0 Å². The first-order chi connectivity index (χ1) is 5.11. The molecule has 1 aromatic rings. The van der Waals surface area contributed by atoms with Crippen molar-refractivity contribution in [3.05, 3.63) is 11.8 Å². The van der Waals surface area contributed by atoms with Crippen LogP contribution in [0.5, 0.6) is 5.95 Å². The first-order valence-corrected chi connectivity index (χ1v) is 3.77. The van der Waals surface area contributed by atoms with E-state index >= 15 is 0 Å². The maximum absolute atomic E-state index is 8.85. The molecule has 0 unspecified atom stereocenters. The molecule has 0 saturated carbocycles. The van der Waals surface area contributed by atoms with Crippen LogP contribution in [0.25, 0.3) is 0 Å². The summed E-state index contributed by atoms with van der Waals surface area (Å²) in [7, 11) is 0. The summed E-state index contributed by atoms with van der Waals surface area (Å²) in [4.78, 5) is 0. The van der Waals surface area contributed by atoms with Crippen molar-refractivity contribution in [3.63, 3.8) is 0 Å². The minimum atomic E-state index is -0.104. The molecule has 0 fully saturated rings. The van der Waals surface area contributed by atoms with Crippen LogP contribution >= 0.6 is 0 Å².